The Bertz CT molecular complexity index is 628. The minimum atomic E-state index is -0.104. The molecule has 2 aromatic rings. The highest BCUT2D eigenvalue weighted by Crippen LogP contribution is 2.11. The molecule has 100 valence electrons. The number of carbonyl (C=O) groups excluding carboxylic acids is 2. The van der Waals surface area contributed by atoms with Crippen LogP contribution in [0.3, 0.4) is 0 Å². The summed E-state index contributed by atoms with van der Waals surface area (Å²) in [5.74, 6) is -0.135. The van der Waals surface area contributed by atoms with Crippen molar-refractivity contribution in [1.29, 1.82) is 0 Å². The fraction of sp³-hybridized carbons (Fsp3) is 0.0588. The zero-order chi connectivity index (χ0) is 14.4. The molecule has 0 atom stereocenters. The molecule has 2 aromatic carbocycles. The van der Waals surface area contributed by atoms with Crippen molar-refractivity contribution in [3.63, 3.8) is 0 Å². The molecule has 20 heavy (non-hydrogen) atoms. The number of carbonyl (C=O) groups is 2. The second-order valence-corrected chi connectivity index (χ2v) is 4.37. The quantitative estimate of drug-likeness (QED) is 0.679. The van der Waals surface area contributed by atoms with Gasteiger partial charge >= 0.3 is 0 Å². The van der Waals surface area contributed by atoms with Gasteiger partial charge in [-0.05, 0) is 23.8 Å². The third-order valence-electron chi connectivity index (χ3n) is 2.72. The van der Waals surface area contributed by atoms with Gasteiger partial charge in [0.05, 0.1) is 0 Å². The van der Waals surface area contributed by atoms with Crippen molar-refractivity contribution >= 4 is 23.5 Å². The zero-order valence-electron chi connectivity index (χ0n) is 11.2. The number of hydrogen-bond acceptors (Lipinski definition) is 2. The van der Waals surface area contributed by atoms with Crippen LogP contribution in [0.2, 0.25) is 0 Å². The van der Waals surface area contributed by atoms with Gasteiger partial charge in [-0.2, -0.15) is 0 Å². The molecule has 3 heteroatoms. The molecule has 0 saturated heterocycles. The summed E-state index contributed by atoms with van der Waals surface area (Å²) < 4.78 is 0. The standard InChI is InChI=1S/C17H15NO2/c1-13(19)18-16-10-7-14(8-11-16)9-12-17(20)15-5-3-2-4-6-15/h2-12H,1H3,(H,18,19). The topological polar surface area (TPSA) is 46.2 Å². The Balaban J connectivity index is 2.04. The molecule has 0 aliphatic rings. The molecule has 3 nitrogen and oxygen atoms in total. The number of benzene rings is 2. The van der Waals surface area contributed by atoms with Gasteiger partial charge in [-0.25, -0.2) is 0 Å². The fourth-order valence-electron chi connectivity index (χ4n) is 1.75. The van der Waals surface area contributed by atoms with E-state index in [1.54, 1.807) is 36.4 Å². The van der Waals surface area contributed by atoms with Crippen LogP contribution in [-0.2, 0) is 4.79 Å². The molecule has 0 heterocycles. The number of allylic oxidation sites excluding steroid dienone is 1. The highest BCUT2D eigenvalue weighted by Gasteiger charge is 1.99. The molecule has 0 aliphatic carbocycles. The third-order valence-corrected chi connectivity index (χ3v) is 2.72. The van der Waals surface area contributed by atoms with Crippen molar-refractivity contribution in [2.45, 2.75) is 6.92 Å². The average molecular weight is 265 g/mol. The van der Waals surface area contributed by atoms with Crippen LogP contribution >= 0.6 is 0 Å². The maximum atomic E-state index is 11.9. The average Bonchev–Trinajstić information content (AvgIpc) is 2.46. The van der Waals surface area contributed by atoms with Crippen LogP contribution in [0.15, 0.2) is 60.7 Å². The molecule has 2 rings (SSSR count). The van der Waals surface area contributed by atoms with Gasteiger partial charge in [-0.1, -0.05) is 48.5 Å². The van der Waals surface area contributed by atoms with Gasteiger partial charge in [0.25, 0.3) is 0 Å². The maximum absolute atomic E-state index is 11.9. The number of nitrogens with one attached hydrogen (secondary N) is 1. The summed E-state index contributed by atoms with van der Waals surface area (Å²) in [5, 5.41) is 2.69. The van der Waals surface area contributed by atoms with E-state index >= 15 is 0 Å². The van der Waals surface area contributed by atoms with E-state index in [1.807, 2.05) is 30.3 Å². The van der Waals surface area contributed by atoms with Crippen molar-refractivity contribution in [3.8, 4) is 0 Å². The summed E-state index contributed by atoms with van der Waals surface area (Å²) in [5.41, 5.74) is 2.31. The van der Waals surface area contributed by atoms with Gasteiger partial charge in [0.2, 0.25) is 5.91 Å². The highest BCUT2D eigenvalue weighted by atomic mass is 16.1. The summed E-state index contributed by atoms with van der Waals surface area (Å²) in [6.07, 6.45) is 3.30. The van der Waals surface area contributed by atoms with Crippen LogP contribution in [0.4, 0.5) is 5.69 Å². The van der Waals surface area contributed by atoms with E-state index in [9.17, 15) is 9.59 Å². The van der Waals surface area contributed by atoms with E-state index in [1.165, 1.54) is 6.92 Å². The molecule has 0 aliphatic heterocycles. The van der Waals surface area contributed by atoms with Crippen LogP contribution < -0.4 is 5.32 Å². The first kappa shape index (κ1) is 13.7. The Labute approximate surface area is 117 Å². The van der Waals surface area contributed by atoms with E-state index in [2.05, 4.69) is 5.32 Å². The normalized spacial score (nSPS) is 10.4. The van der Waals surface area contributed by atoms with Gasteiger partial charge in [0.15, 0.2) is 5.78 Å². The number of amides is 1. The Morgan fingerprint density at radius 3 is 2.20 bits per heavy atom. The van der Waals surface area contributed by atoms with Gasteiger partial charge in [-0.3, -0.25) is 9.59 Å². The molecule has 0 bridgehead atoms. The van der Waals surface area contributed by atoms with Gasteiger partial charge in [0, 0.05) is 18.2 Å². The Hall–Kier alpha value is -2.68. The lowest BCUT2D eigenvalue weighted by atomic mass is 10.1. The Morgan fingerprint density at radius 2 is 1.60 bits per heavy atom. The molecule has 0 spiro atoms. The van der Waals surface area contributed by atoms with Crippen molar-refractivity contribution in [1.82, 2.24) is 0 Å². The minimum Gasteiger partial charge on any atom is -0.326 e. The molecule has 0 aromatic heterocycles. The monoisotopic (exact) mass is 265 g/mol. The summed E-state index contributed by atoms with van der Waals surface area (Å²) >= 11 is 0. The molecule has 0 unspecified atom stereocenters. The number of anilines is 1. The van der Waals surface area contributed by atoms with Gasteiger partial charge < -0.3 is 5.32 Å². The Morgan fingerprint density at radius 1 is 0.950 bits per heavy atom. The first-order valence-electron chi connectivity index (χ1n) is 6.30. The summed E-state index contributed by atoms with van der Waals surface area (Å²) in [6, 6.07) is 16.4. The van der Waals surface area contributed by atoms with Crippen molar-refractivity contribution in [3.05, 3.63) is 71.8 Å². The maximum Gasteiger partial charge on any atom is 0.221 e. The van der Waals surface area contributed by atoms with Gasteiger partial charge in [0.1, 0.15) is 0 Å². The Kier molecular flexibility index (Phi) is 4.45. The summed E-state index contributed by atoms with van der Waals surface area (Å²) in [4.78, 5) is 22.8. The lowest BCUT2D eigenvalue weighted by Crippen LogP contribution is -2.05. The first-order valence-corrected chi connectivity index (χ1v) is 6.30. The molecule has 0 saturated carbocycles. The van der Waals surface area contributed by atoms with Crippen LogP contribution in [0, 0.1) is 0 Å². The summed E-state index contributed by atoms with van der Waals surface area (Å²) in [6.45, 7) is 1.46. The molecule has 1 amide bonds. The smallest absolute Gasteiger partial charge is 0.221 e. The number of ketones is 1. The van der Waals surface area contributed by atoms with Crippen molar-refractivity contribution in [2.24, 2.45) is 0 Å². The lowest BCUT2D eigenvalue weighted by molar-refractivity contribution is -0.114. The van der Waals surface area contributed by atoms with E-state index in [4.69, 9.17) is 0 Å². The third kappa shape index (κ3) is 3.92. The molecular formula is C17H15NO2. The van der Waals surface area contributed by atoms with Crippen LogP contribution in [0.1, 0.15) is 22.8 Å². The van der Waals surface area contributed by atoms with Crippen LogP contribution in [0.25, 0.3) is 6.08 Å². The van der Waals surface area contributed by atoms with Crippen molar-refractivity contribution in [2.75, 3.05) is 5.32 Å². The van der Waals surface area contributed by atoms with E-state index in [-0.39, 0.29) is 11.7 Å². The fourth-order valence-corrected chi connectivity index (χ4v) is 1.75. The zero-order valence-corrected chi connectivity index (χ0v) is 11.2. The second kappa shape index (κ2) is 6.48. The predicted octanol–water partition coefficient (Wildman–Crippen LogP) is 3.54. The second-order valence-electron chi connectivity index (χ2n) is 4.37. The van der Waals surface area contributed by atoms with E-state index in [0.29, 0.717) is 5.56 Å². The van der Waals surface area contributed by atoms with E-state index in [0.717, 1.165) is 11.3 Å². The number of rotatable bonds is 4. The SMILES string of the molecule is CC(=O)Nc1ccc(C=CC(=O)c2ccccc2)cc1. The molecule has 0 radical (unpaired) electrons. The minimum absolute atomic E-state index is 0.0310. The largest absolute Gasteiger partial charge is 0.326 e. The number of hydrogen-bond donors (Lipinski definition) is 1. The first-order chi connectivity index (χ1) is 9.65. The van der Waals surface area contributed by atoms with Gasteiger partial charge in [-0.15, -0.1) is 0 Å². The highest BCUT2D eigenvalue weighted by molar-refractivity contribution is 6.06. The predicted molar refractivity (Wildman–Crippen MR) is 80.6 cm³/mol. The van der Waals surface area contributed by atoms with Crippen LogP contribution in [0.5, 0.6) is 0 Å². The summed E-state index contributed by atoms with van der Waals surface area (Å²) in [7, 11) is 0. The molecular weight excluding hydrogens is 250 g/mol. The van der Waals surface area contributed by atoms with E-state index < -0.39 is 0 Å². The molecule has 1 N–H and O–H groups in total. The molecule has 0 fully saturated rings. The lowest BCUT2D eigenvalue weighted by Gasteiger charge is -2.01. The van der Waals surface area contributed by atoms with Crippen molar-refractivity contribution < 1.29 is 9.59 Å². The van der Waals surface area contributed by atoms with Crippen LogP contribution in [-0.4, -0.2) is 11.7 Å².